The Balaban J connectivity index is 1.74. The molecule has 0 spiro atoms. The number of carbonyl (C=O) groups excluding carboxylic acids is 3. The van der Waals surface area contributed by atoms with Crippen molar-refractivity contribution >= 4 is 23.5 Å². The monoisotopic (exact) mass is 411 g/mol. The fourth-order valence-corrected chi connectivity index (χ4v) is 2.34. The summed E-state index contributed by atoms with van der Waals surface area (Å²) >= 11 is 0. The molecule has 0 atom stereocenters. The van der Waals surface area contributed by atoms with Crippen molar-refractivity contribution in [2.45, 2.75) is 26.7 Å². The van der Waals surface area contributed by atoms with Gasteiger partial charge in [0.1, 0.15) is 11.5 Å². The molecular formula is C23H25NO6. The van der Waals surface area contributed by atoms with Gasteiger partial charge in [-0.2, -0.15) is 0 Å². The highest BCUT2D eigenvalue weighted by Crippen LogP contribution is 2.18. The Kier molecular flexibility index (Phi) is 8.62. The van der Waals surface area contributed by atoms with Gasteiger partial charge >= 0.3 is 11.9 Å². The zero-order valence-corrected chi connectivity index (χ0v) is 17.1. The summed E-state index contributed by atoms with van der Waals surface area (Å²) in [6.07, 6.45) is 1.41. The Morgan fingerprint density at radius 2 is 1.47 bits per heavy atom. The van der Waals surface area contributed by atoms with Gasteiger partial charge in [-0.1, -0.05) is 6.58 Å². The molecule has 2 rings (SSSR count). The molecule has 0 bridgehead atoms. The number of amides is 1. The summed E-state index contributed by atoms with van der Waals surface area (Å²) in [5, 5.41) is 2.64. The third-order valence-corrected chi connectivity index (χ3v) is 3.86. The Hall–Kier alpha value is -3.61. The van der Waals surface area contributed by atoms with Gasteiger partial charge in [0.05, 0.1) is 18.8 Å². The summed E-state index contributed by atoms with van der Waals surface area (Å²) in [4.78, 5) is 34.5. The van der Waals surface area contributed by atoms with Crippen LogP contribution in [0.1, 0.15) is 37.0 Å². The van der Waals surface area contributed by atoms with Crippen molar-refractivity contribution in [3.05, 3.63) is 66.2 Å². The smallest absolute Gasteiger partial charge is 0.343 e. The van der Waals surface area contributed by atoms with Crippen LogP contribution in [0.5, 0.6) is 11.5 Å². The van der Waals surface area contributed by atoms with Gasteiger partial charge in [-0.3, -0.25) is 4.79 Å². The standard InChI is InChI=1S/C23H25NO6/c1-16(2)22(26)29-15-5-4-14-28-20-10-6-18(7-11-20)23(27)30-21-12-8-19(9-13-21)24-17(3)25/h6-13H,1,4-5,14-15H2,2-3H3,(H,24,25). The normalized spacial score (nSPS) is 10.1. The van der Waals surface area contributed by atoms with Gasteiger partial charge in [-0.05, 0) is 68.3 Å². The predicted molar refractivity (Wildman–Crippen MR) is 113 cm³/mol. The molecule has 0 fully saturated rings. The van der Waals surface area contributed by atoms with E-state index in [-0.39, 0.29) is 11.9 Å². The molecule has 0 aliphatic rings. The molecule has 2 aromatic carbocycles. The Bertz CT molecular complexity index is 887. The SMILES string of the molecule is C=C(C)C(=O)OCCCCOc1ccc(C(=O)Oc2ccc(NC(C)=O)cc2)cc1. The molecule has 2 aromatic rings. The molecule has 0 aliphatic carbocycles. The summed E-state index contributed by atoms with van der Waals surface area (Å²) in [5.74, 6) is -0.0459. The minimum absolute atomic E-state index is 0.173. The van der Waals surface area contributed by atoms with E-state index in [2.05, 4.69) is 11.9 Å². The molecule has 0 aliphatic heterocycles. The lowest BCUT2D eigenvalue weighted by Crippen LogP contribution is -2.09. The van der Waals surface area contributed by atoms with E-state index < -0.39 is 5.97 Å². The number of benzene rings is 2. The first kappa shape index (κ1) is 22.7. The van der Waals surface area contributed by atoms with Crippen molar-refractivity contribution < 1.29 is 28.6 Å². The predicted octanol–water partition coefficient (Wildman–Crippen LogP) is 4.14. The van der Waals surface area contributed by atoms with E-state index in [1.807, 2.05) is 0 Å². The summed E-state index contributed by atoms with van der Waals surface area (Å²) in [7, 11) is 0. The quantitative estimate of drug-likeness (QED) is 0.273. The van der Waals surface area contributed by atoms with Crippen molar-refractivity contribution in [1.29, 1.82) is 0 Å². The molecule has 0 radical (unpaired) electrons. The highest BCUT2D eigenvalue weighted by atomic mass is 16.5. The van der Waals surface area contributed by atoms with Gasteiger partial charge in [0, 0.05) is 18.2 Å². The van der Waals surface area contributed by atoms with E-state index in [0.29, 0.717) is 48.0 Å². The number of ether oxygens (including phenoxy) is 3. The third kappa shape index (κ3) is 7.79. The zero-order chi connectivity index (χ0) is 21.9. The van der Waals surface area contributed by atoms with E-state index >= 15 is 0 Å². The molecule has 0 saturated carbocycles. The van der Waals surface area contributed by atoms with Crippen LogP contribution in [0.25, 0.3) is 0 Å². The average molecular weight is 411 g/mol. The van der Waals surface area contributed by atoms with E-state index in [9.17, 15) is 14.4 Å². The van der Waals surface area contributed by atoms with E-state index in [4.69, 9.17) is 14.2 Å². The van der Waals surface area contributed by atoms with E-state index in [1.54, 1.807) is 55.5 Å². The fourth-order valence-electron chi connectivity index (χ4n) is 2.34. The lowest BCUT2D eigenvalue weighted by Gasteiger charge is -2.08. The molecular weight excluding hydrogens is 386 g/mol. The van der Waals surface area contributed by atoms with Crippen molar-refractivity contribution in [2.24, 2.45) is 0 Å². The molecule has 1 N–H and O–H groups in total. The molecule has 1 amide bonds. The van der Waals surface area contributed by atoms with Crippen LogP contribution >= 0.6 is 0 Å². The average Bonchev–Trinajstić information content (AvgIpc) is 2.71. The maximum atomic E-state index is 12.2. The molecule has 0 heterocycles. The van der Waals surface area contributed by atoms with E-state index in [1.165, 1.54) is 6.92 Å². The number of esters is 2. The van der Waals surface area contributed by atoms with Crippen LogP contribution < -0.4 is 14.8 Å². The molecule has 7 nitrogen and oxygen atoms in total. The van der Waals surface area contributed by atoms with Gasteiger partial charge in [-0.25, -0.2) is 9.59 Å². The highest BCUT2D eigenvalue weighted by molar-refractivity contribution is 5.91. The van der Waals surface area contributed by atoms with Gasteiger partial charge in [0.25, 0.3) is 0 Å². The van der Waals surface area contributed by atoms with Crippen LogP contribution in [-0.2, 0) is 14.3 Å². The number of unbranched alkanes of at least 4 members (excludes halogenated alkanes) is 1. The van der Waals surface area contributed by atoms with Crippen LogP contribution in [0.2, 0.25) is 0 Å². The van der Waals surface area contributed by atoms with Crippen molar-refractivity contribution in [2.75, 3.05) is 18.5 Å². The zero-order valence-electron chi connectivity index (χ0n) is 17.1. The van der Waals surface area contributed by atoms with Crippen LogP contribution in [0.3, 0.4) is 0 Å². The van der Waals surface area contributed by atoms with Gasteiger partial charge < -0.3 is 19.5 Å². The first-order valence-corrected chi connectivity index (χ1v) is 9.50. The van der Waals surface area contributed by atoms with Crippen molar-refractivity contribution in [3.8, 4) is 11.5 Å². The van der Waals surface area contributed by atoms with Gasteiger partial charge in [0.15, 0.2) is 0 Å². The number of carbonyl (C=O) groups is 3. The number of rotatable bonds is 10. The molecule has 30 heavy (non-hydrogen) atoms. The largest absolute Gasteiger partial charge is 0.494 e. The third-order valence-electron chi connectivity index (χ3n) is 3.86. The Labute approximate surface area is 175 Å². The molecule has 0 unspecified atom stereocenters. The van der Waals surface area contributed by atoms with Crippen LogP contribution in [-0.4, -0.2) is 31.1 Å². The van der Waals surface area contributed by atoms with Crippen molar-refractivity contribution in [1.82, 2.24) is 0 Å². The molecule has 0 aromatic heterocycles. The number of anilines is 1. The Morgan fingerprint density at radius 1 is 0.867 bits per heavy atom. The first-order chi connectivity index (χ1) is 14.3. The maximum absolute atomic E-state index is 12.2. The van der Waals surface area contributed by atoms with Crippen molar-refractivity contribution in [3.63, 3.8) is 0 Å². The second-order valence-electron chi connectivity index (χ2n) is 6.59. The van der Waals surface area contributed by atoms with Crippen LogP contribution in [0.4, 0.5) is 5.69 Å². The maximum Gasteiger partial charge on any atom is 0.343 e. The fraction of sp³-hybridized carbons (Fsp3) is 0.261. The number of hydrogen-bond acceptors (Lipinski definition) is 6. The number of hydrogen-bond donors (Lipinski definition) is 1. The lowest BCUT2D eigenvalue weighted by atomic mass is 10.2. The highest BCUT2D eigenvalue weighted by Gasteiger charge is 2.09. The Morgan fingerprint density at radius 3 is 2.07 bits per heavy atom. The minimum Gasteiger partial charge on any atom is -0.494 e. The first-order valence-electron chi connectivity index (χ1n) is 9.50. The molecule has 158 valence electrons. The summed E-state index contributed by atoms with van der Waals surface area (Å²) < 4.78 is 15.9. The number of nitrogens with one attached hydrogen (secondary N) is 1. The summed E-state index contributed by atoms with van der Waals surface area (Å²) in [6, 6.07) is 13.1. The molecule has 0 saturated heterocycles. The van der Waals surface area contributed by atoms with Gasteiger partial charge in [-0.15, -0.1) is 0 Å². The summed E-state index contributed by atoms with van der Waals surface area (Å²) in [5.41, 5.74) is 1.39. The van der Waals surface area contributed by atoms with Crippen LogP contribution in [0.15, 0.2) is 60.7 Å². The molecule has 7 heteroatoms. The summed E-state index contributed by atoms with van der Waals surface area (Å²) in [6.45, 7) is 7.34. The van der Waals surface area contributed by atoms with Crippen LogP contribution in [0, 0.1) is 0 Å². The van der Waals surface area contributed by atoms with Gasteiger partial charge in [0.2, 0.25) is 5.91 Å². The topological polar surface area (TPSA) is 90.9 Å². The lowest BCUT2D eigenvalue weighted by molar-refractivity contribution is -0.139. The second-order valence-corrected chi connectivity index (χ2v) is 6.59. The second kappa shape index (κ2) is 11.4. The van der Waals surface area contributed by atoms with E-state index in [0.717, 1.165) is 6.42 Å². The minimum atomic E-state index is -0.492.